The van der Waals surface area contributed by atoms with Gasteiger partial charge < -0.3 is 24.5 Å². The van der Waals surface area contributed by atoms with E-state index in [-0.39, 0.29) is 11.6 Å². The fraction of sp³-hybridized carbons (Fsp3) is 0.458. The molecule has 0 aliphatic carbocycles. The fourth-order valence-corrected chi connectivity index (χ4v) is 5.22. The predicted molar refractivity (Wildman–Crippen MR) is 122 cm³/mol. The molecule has 0 bridgehead atoms. The lowest BCUT2D eigenvalue weighted by Gasteiger charge is -2.42. The Labute approximate surface area is 186 Å². The van der Waals surface area contributed by atoms with Crippen molar-refractivity contribution in [3.63, 3.8) is 0 Å². The van der Waals surface area contributed by atoms with Crippen LogP contribution < -0.4 is 10.4 Å². The predicted octanol–water partition coefficient (Wildman–Crippen LogP) is 2.74. The molecule has 2 N–H and O–H groups in total. The fourth-order valence-electron chi connectivity index (χ4n) is 5.22. The number of nitrogens with zero attached hydrogens (tertiary/aromatic N) is 3. The number of carbonyl (C=O) groups excluding carboxylic acids is 1. The summed E-state index contributed by atoms with van der Waals surface area (Å²) >= 11 is 0. The first kappa shape index (κ1) is 20.8. The van der Waals surface area contributed by atoms with Crippen LogP contribution in [0.15, 0.2) is 41.3 Å². The number of carbonyl (C=O) groups is 1. The monoisotopic (exact) mass is 435 g/mol. The van der Waals surface area contributed by atoms with Crippen molar-refractivity contribution in [2.24, 2.45) is 0 Å². The maximum atomic E-state index is 12.9. The molecule has 8 heteroatoms. The molecule has 32 heavy (non-hydrogen) atoms. The first-order valence-electron chi connectivity index (χ1n) is 11.4. The Morgan fingerprint density at radius 1 is 1.03 bits per heavy atom. The number of H-pyrrole nitrogens is 2. The minimum Gasteiger partial charge on any atom is -0.480 e. The molecule has 2 saturated heterocycles. The number of pyridine rings is 1. The number of amides is 1. The Hall–Kier alpha value is -3.13. The number of ether oxygens (including phenoxy) is 1. The Morgan fingerprint density at radius 2 is 1.78 bits per heavy atom. The number of aromatic nitrogens is 3. The molecule has 4 heterocycles. The number of nitrogens with one attached hydrogen (secondary N) is 2. The third-order valence-electron chi connectivity index (χ3n) is 7.00. The summed E-state index contributed by atoms with van der Waals surface area (Å²) in [7, 11) is 1.55. The van der Waals surface area contributed by atoms with Crippen LogP contribution in [0.1, 0.15) is 47.5 Å². The third-order valence-corrected chi connectivity index (χ3v) is 7.00. The molecule has 8 nitrogen and oxygen atoms in total. The van der Waals surface area contributed by atoms with Crippen LogP contribution in [-0.4, -0.2) is 70.0 Å². The van der Waals surface area contributed by atoms with Crippen LogP contribution in [0, 0.1) is 0 Å². The van der Waals surface area contributed by atoms with E-state index in [1.807, 2.05) is 11.0 Å². The SMILES string of the molecule is COc1ncccc1C(=O)N1CCC(N2CCC(c3ccc4[nH]c(=O)[nH]c4c3)CC2)CC1. The summed E-state index contributed by atoms with van der Waals surface area (Å²) in [6, 6.07) is 10.3. The van der Waals surface area contributed by atoms with Crippen molar-refractivity contribution >= 4 is 16.9 Å². The van der Waals surface area contributed by atoms with Gasteiger partial charge in [-0.25, -0.2) is 9.78 Å². The van der Waals surface area contributed by atoms with E-state index in [0.717, 1.165) is 62.9 Å². The van der Waals surface area contributed by atoms with Gasteiger partial charge in [0.25, 0.3) is 5.91 Å². The minimum absolute atomic E-state index is 0.00491. The zero-order valence-electron chi connectivity index (χ0n) is 18.3. The lowest BCUT2D eigenvalue weighted by molar-refractivity contribution is 0.0575. The van der Waals surface area contributed by atoms with E-state index < -0.39 is 0 Å². The molecule has 2 aliphatic heterocycles. The van der Waals surface area contributed by atoms with Crippen molar-refractivity contribution in [3.8, 4) is 5.88 Å². The Balaban J connectivity index is 1.16. The summed E-state index contributed by atoms with van der Waals surface area (Å²) in [6.45, 7) is 3.67. The van der Waals surface area contributed by atoms with Crippen LogP contribution in [0.25, 0.3) is 11.0 Å². The number of piperidine rings is 2. The molecule has 2 fully saturated rings. The van der Waals surface area contributed by atoms with E-state index in [1.165, 1.54) is 5.56 Å². The van der Waals surface area contributed by atoms with Gasteiger partial charge in [0.05, 0.1) is 18.1 Å². The van der Waals surface area contributed by atoms with Gasteiger partial charge in [-0.3, -0.25) is 4.79 Å². The number of hydrogen-bond donors (Lipinski definition) is 2. The van der Waals surface area contributed by atoms with E-state index in [0.29, 0.717) is 23.4 Å². The van der Waals surface area contributed by atoms with Crippen molar-refractivity contribution in [3.05, 3.63) is 58.1 Å². The standard InChI is InChI=1S/C24H29N5O3/c1-32-22-19(3-2-10-25-22)23(30)29-13-8-18(9-14-29)28-11-6-16(7-12-28)17-4-5-20-21(15-17)27-24(31)26-20/h2-5,10,15-16,18H,6-9,11-14H2,1H3,(H2,26,27,31). The van der Waals surface area contributed by atoms with Gasteiger partial charge in [0.1, 0.15) is 5.56 Å². The summed E-state index contributed by atoms with van der Waals surface area (Å²) in [5.74, 6) is 0.919. The highest BCUT2D eigenvalue weighted by molar-refractivity contribution is 5.96. The molecule has 0 atom stereocenters. The second-order valence-electron chi connectivity index (χ2n) is 8.78. The van der Waals surface area contributed by atoms with Crippen LogP contribution in [-0.2, 0) is 0 Å². The Kier molecular flexibility index (Phi) is 5.70. The summed E-state index contributed by atoms with van der Waals surface area (Å²) in [4.78, 5) is 38.8. The first-order valence-corrected chi connectivity index (χ1v) is 11.4. The first-order chi connectivity index (χ1) is 15.6. The zero-order chi connectivity index (χ0) is 22.1. The largest absolute Gasteiger partial charge is 0.480 e. The number of likely N-dealkylation sites (tertiary alicyclic amines) is 2. The average Bonchev–Trinajstić information content (AvgIpc) is 3.23. The van der Waals surface area contributed by atoms with Crippen LogP contribution in [0.4, 0.5) is 0 Å². The Bertz CT molecular complexity index is 1150. The van der Waals surface area contributed by atoms with Gasteiger partial charge in [-0.1, -0.05) is 6.07 Å². The normalized spacial score (nSPS) is 18.8. The lowest BCUT2D eigenvalue weighted by atomic mass is 9.88. The van der Waals surface area contributed by atoms with Crippen molar-refractivity contribution in [1.29, 1.82) is 0 Å². The Morgan fingerprint density at radius 3 is 2.53 bits per heavy atom. The van der Waals surface area contributed by atoms with Crippen LogP contribution in [0.3, 0.4) is 0 Å². The van der Waals surface area contributed by atoms with Crippen molar-refractivity contribution < 1.29 is 9.53 Å². The molecule has 168 valence electrons. The van der Waals surface area contributed by atoms with E-state index in [1.54, 1.807) is 25.4 Å². The number of hydrogen-bond acceptors (Lipinski definition) is 5. The van der Waals surface area contributed by atoms with Crippen LogP contribution in [0.2, 0.25) is 0 Å². The van der Waals surface area contributed by atoms with Crippen molar-refractivity contribution in [1.82, 2.24) is 24.8 Å². The van der Waals surface area contributed by atoms with E-state index in [9.17, 15) is 9.59 Å². The molecule has 0 spiro atoms. The zero-order valence-corrected chi connectivity index (χ0v) is 18.3. The highest BCUT2D eigenvalue weighted by Gasteiger charge is 2.31. The molecule has 0 saturated carbocycles. The highest BCUT2D eigenvalue weighted by Crippen LogP contribution is 2.32. The number of imidazole rings is 1. The third kappa shape index (κ3) is 4.02. The summed E-state index contributed by atoms with van der Waals surface area (Å²) < 4.78 is 5.26. The quantitative estimate of drug-likeness (QED) is 0.657. The number of aromatic amines is 2. The van der Waals surface area contributed by atoms with Gasteiger partial charge in [0.2, 0.25) is 5.88 Å². The second-order valence-corrected chi connectivity index (χ2v) is 8.78. The molecule has 5 rings (SSSR count). The van der Waals surface area contributed by atoms with Gasteiger partial charge in [-0.2, -0.15) is 0 Å². The molecular formula is C24H29N5O3. The van der Waals surface area contributed by atoms with E-state index in [2.05, 4.69) is 32.0 Å². The molecule has 1 amide bonds. The average molecular weight is 436 g/mol. The molecule has 2 aliphatic rings. The van der Waals surface area contributed by atoms with E-state index >= 15 is 0 Å². The molecular weight excluding hydrogens is 406 g/mol. The number of benzene rings is 1. The minimum atomic E-state index is -0.154. The lowest BCUT2D eigenvalue weighted by Crippen LogP contribution is -2.48. The van der Waals surface area contributed by atoms with Gasteiger partial charge >= 0.3 is 5.69 Å². The van der Waals surface area contributed by atoms with Gasteiger partial charge in [-0.15, -0.1) is 0 Å². The molecule has 3 aromatic rings. The highest BCUT2D eigenvalue weighted by atomic mass is 16.5. The summed E-state index contributed by atoms with van der Waals surface area (Å²) in [5.41, 5.74) is 3.44. The van der Waals surface area contributed by atoms with Gasteiger partial charge in [0.15, 0.2) is 0 Å². The second kappa shape index (κ2) is 8.78. The summed E-state index contributed by atoms with van der Waals surface area (Å²) in [6.07, 6.45) is 5.87. The summed E-state index contributed by atoms with van der Waals surface area (Å²) in [5, 5.41) is 0. The molecule has 2 aromatic heterocycles. The van der Waals surface area contributed by atoms with E-state index in [4.69, 9.17) is 4.74 Å². The van der Waals surface area contributed by atoms with Crippen LogP contribution >= 0.6 is 0 Å². The van der Waals surface area contributed by atoms with Crippen molar-refractivity contribution in [2.75, 3.05) is 33.3 Å². The van der Waals surface area contributed by atoms with Gasteiger partial charge in [0, 0.05) is 25.3 Å². The number of fused-ring (bicyclic) bond motifs is 1. The van der Waals surface area contributed by atoms with Gasteiger partial charge in [-0.05, 0) is 74.5 Å². The van der Waals surface area contributed by atoms with Crippen LogP contribution in [0.5, 0.6) is 5.88 Å². The topological polar surface area (TPSA) is 94.3 Å². The van der Waals surface area contributed by atoms with Crippen molar-refractivity contribution in [2.45, 2.75) is 37.6 Å². The molecule has 1 aromatic carbocycles. The maximum Gasteiger partial charge on any atom is 0.323 e. The number of rotatable bonds is 4. The molecule has 0 radical (unpaired) electrons. The smallest absolute Gasteiger partial charge is 0.323 e. The molecule has 0 unspecified atom stereocenters. The number of methoxy groups -OCH3 is 1. The maximum absolute atomic E-state index is 12.9.